The van der Waals surface area contributed by atoms with E-state index >= 15 is 0 Å². The molecule has 1 unspecified atom stereocenters. The summed E-state index contributed by atoms with van der Waals surface area (Å²) in [5.74, 6) is 0.698. The van der Waals surface area contributed by atoms with Gasteiger partial charge in [0, 0.05) is 28.0 Å². The number of aryl methyl sites for hydroxylation is 1. The largest absolute Gasteiger partial charge is 0.465 e. The zero-order valence-electron chi connectivity index (χ0n) is 15.1. The van der Waals surface area contributed by atoms with Gasteiger partial charge in [0.1, 0.15) is 5.82 Å². The summed E-state index contributed by atoms with van der Waals surface area (Å²) < 4.78 is 5.44. The highest BCUT2D eigenvalue weighted by Gasteiger charge is 2.27. The molecule has 0 spiro atoms. The number of nitrogens with one attached hydrogen (secondary N) is 2. The summed E-state index contributed by atoms with van der Waals surface area (Å²) in [6, 6.07) is 7.72. The van der Waals surface area contributed by atoms with Gasteiger partial charge in [0.2, 0.25) is 5.95 Å². The summed E-state index contributed by atoms with van der Waals surface area (Å²) in [6.07, 6.45) is 4.65. The summed E-state index contributed by atoms with van der Waals surface area (Å²) in [5, 5.41) is 15.8. The molecule has 7 nitrogen and oxygen atoms in total. The quantitative estimate of drug-likeness (QED) is 0.687. The van der Waals surface area contributed by atoms with Crippen molar-refractivity contribution in [2.75, 3.05) is 17.7 Å². The predicted octanol–water partition coefficient (Wildman–Crippen LogP) is 4.18. The molecular weight excluding hydrogens is 410 g/mol. The lowest BCUT2D eigenvalue weighted by atomic mass is 10.1. The number of methoxy groups -OCH3 is 1. The highest BCUT2D eigenvalue weighted by atomic mass is 79.9. The fourth-order valence-electron chi connectivity index (χ4n) is 3.11. The highest BCUT2D eigenvalue weighted by Crippen LogP contribution is 2.29. The molecule has 140 valence electrons. The molecule has 1 aromatic carbocycles. The second kappa shape index (κ2) is 8.35. The highest BCUT2D eigenvalue weighted by molar-refractivity contribution is 9.10. The van der Waals surface area contributed by atoms with Crippen LogP contribution in [0.1, 0.15) is 35.2 Å². The Morgan fingerprint density at radius 2 is 2.22 bits per heavy atom. The van der Waals surface area contributed by atoms with E-state index in [9.17, 15) is 10.1 Å². The smallest absolute Gasteiger partial charge is 0.339 e. The van der Waals surface area contributed by atoms with Gasteiger partial charge in [-0.1, -0.05) is 0 Å². The molecule has 1 aromatic heterocycles. The maximum atomic E-state index is 11.8. The zero-order chi connectivity index (χ0) is 19.4. The van der Waals surface area contributed by atoms with Gasteiger partial charge < -0.3 is 15.4 Å². The molecule has 27 heavy (non-hydrogen) atoms. The first-order valence-electron chi connectivity index (χ1n) is 8.66. The maximum Gasteiger partial charge on any atom is 0.339 e. The zero-order valence-corrected chi connectivity index (χ0v) is 16.7. The van der Waals surface area contributed by atoms with E-state index in [4.69, 9.17) is 4.74 Å². The van der Waals surface area contributed by atoms with E-state index < -0.39 is 5.97 Å². The number of halogens is 1. The van der Waals surface area contributed by atoms with Crippen molar-refractivity contribution in [3.8, 4) is 6.07 Å². The fourth-order valence-corrected chi connectivity index (χ4v) is 3.52. The normalized spacial score (nSPS) is 18.6. The van der Waals surface area contributed by atoms with Crippen molar-refractivity contribution in [1.82, 2.24) is 9.97 Å². The van der Waals surface area contributed by atoms with Gasteiger partial charge in [0.05, 0.1) is 24.7 Å². The van der Waals surface area contributed by atoms with Gasteiger partial charge in [-0.3, -0.25) is 0 Å². The van der Waals surface area contributed by atoms with Crippen molar-refractivity contribution in [2.24, 2.45) is 5.92 Å². The van der Waals surface area contributed by atoms with Gasteiger partial charge in [-0.2, -0.15) is 10.2 Å². The average molecular weight is 430 g/mol. The molecule has 0 bridgehead atoms. The molecule has 1 heterocycles. The third kappa shape index (κ3) is 4.37. The number of benzene rings is 1. The van der Waals surface area contributed by atoms with Crippen LogP contribution in [-0.4, -0.2) is 29.1 Å². The number of ether oxygens (including phenoxy) is 1. The van der Waals surface area contributed by atoms with Crippen LogP contribution in [0.3, 0.4) is 0 Å². The van der Waals surface area contributed by atoms with E-state index in [1.807, 2.05) is 13.0 Å². The summed E-state index contributed by atoms with van der Waals surface area (Å²) in [7, 11) is 1.34. The van der Waals surface area contributed by atoms with Crippen LogP contribution >= 0.6 is 15.9 Å². The molecule has 0 amide bonds. The lowest BCUT2D eigenvalue weighted by Crippen LogP contribution is -2.24. The third-order valence-electron chi connectivity index (χ3n) is 4.60. The molecular formula is C19H20BrN5O2. The van der Waals surface area contributed by atoms with Crippen molar-refractivity contribution < 1.29 is 9.53 Å². The van der Waals surface area contributed by atoms with Gasteiger partial charge in [0.25, 0.3) is 0 Å². The standard InChI is InChI=1S/C19H20BrN5O2/c1-11-10-22-19(25-17(11)24-16-5-3-4-12(16)9-21)23-13-6-7-15(20)14(8-13)18(26)27-2/h6-8,10,12,16H,3-5H2,1-2H3,(H2,22,23,24,25)/t12?,16-/m0/s1. The van der Waals surface area contributed by atoms with Crippen LogP contribution < -0.4 is 10.6 Å². The maximum absolute atomic E-state index is 11.8. The minimum Gasteiger partial charge on any atom is -0.465 e. The Bertz CT molecular complexity index is 896. The van der Waals surface area contributed by atoms with Crippen molar-refractivity contribution >= 4 is 39.4 Å². The fraction of sp³-hybridized carbons (Fsp3) is 0.368. The Labute approximate surface area is 166 Å². The van der Waals surface area contributed by atoms with Crippen LogP contribution in [0.25, 0.3) is 0 Å². The van der Waals surface area contributed by atoms with E-state index in [0.717, 1.165) is 24.8 Å². The van der Waals surface area contributed by atoms with Crippen molar-refractivity contribution in [3.63, 3.8) is 0 Å². The first-order chi connectivity index (χ1) is 13.0. The molecule has 8 heteroatoms. The van der Waals surface area contributed by atoms with Gasteiger partial charge in [0.15, 0.2) is 0 Å². The molecule has 1 fully saturated rings. The average Bonchev–Trinajstić information content (AvgIpc) is 3.12. The minimum atomic E-state index is -0.429. The molecule has 0 radical (unpaired) electrons. The summed E-state index contributed by atoms with van der Waals surface area (Å²) in [4.78, 5) is 20.7. The van der Waals surface area contributed by atoms with E-state index in [2.05, 4.69) is 42.6 Å². The van der Waals surface area contributed by atoms with Crippen LogP contribution in [0.4, 0.5) is 17.5 Å². The van der Waals surface area contributed by atoms with Crippen LogP contribution in [0, 0.1) is 24.2 Å². The molecule has 2 atom stereocenters. The number of carbonyl (C=O) groups excluding carboxylic acids is 1. The molecule has 1 aliphatic carbocycles. The van der Waals surface area contributed by atoms with Crippen molar-refractivity contribution in [2.45, 2.75) is 32.2 Å². The number of rotatable bonds is 5. The molecule has 3 rings (SSSR count). The van der Waals surface area contributed by atoms with E-state index in [0.29, 0.717) is 27.5 Å². The molecule has 0 aliphatic heterocycles. The lowest BCUT2D eigenvalue weighted by Gasteiger charge is -2.18. The topological polar surface area (TPSA) is 99.9 Å². The Balaban J connectivity index is 1.80. The number of nitrogens with zero attached hydrogens (tertiary/aromatic N) is 3. The van der Waals surface area contributed by atoms with Gasteiger partial charge in [-0.15, -0.1) is 0 Å². The Hall–Kier alpha value is -2.66. The first kappa shape index (κ1) is 19.1. The first-order valence-corrected chi connectivity index (χ1v) is 9.45. The Morgan fingerprint density at radius 3 is 2.96 bits per heavy atom. The monoisotopic (exact) mass is 429 g/mol. The Morgan fingerprint density at radius 1 is 1.41 bits per heavy atom. The molecule has 2 aromatic rings. The number of nitriles is 1. The van der Waals surface area contributed by atoms with E-state index in [-0.39, 0.29) is 12.0 Å². The van der Waals surface area contributed by atoms with Crippen LogP contribution in [-0.2, 0) is 4.74 Å². The van der Waals surface area contributed by atoms with Gasteiger partial charge >= 0.3 is 5.97 Å². The number of anilines is 3. The SMILES string of the molecule is COC(=O)c1cc(Nc2ncc(C)c(N[C@H]3CCCC3C#N)n2)ccc1Br. The van der Waals surface area contributed by atoms with Gasteiger partial charge in [-0.25, -0.2) is 9.78 Å². The number of hydrogen-bond acceptors (Lipinski definition) is 7. The van der Waals surface area contributed by atoms with Crippen molar-refractivity contribution in [3.05, 3.63) is 40.0 Å². The molecule has 2 N–H and O–H groups in total. The summed E-state index contributed by atoms with van der Waals surface area (Å²) in [6.45, 7) is 1.93. The number of carbonyl (C=O) groups is 1. The minimum absolute atomic E-state index is 0.00450. The molecule has 0 saturated heterocycles. The van der Waals surface area contributed by atoms with Crippen LogP contribution in [0.2, 0.25) is 0 Å². The second-order valence-electron chi connectivity index (χ2n) is 6.45. The second-order valence-corrected chi connectivity index (χ2v) is 7.31. The predicted molar refractivity (Wildman–Crippen MR) is 106 cm³/mol. The number of aromatic nitrogens is 2. The molecule has 1 aliphatic rings. The Kier molecular flexibility index (Phi) is 5.91. The number of esters is 1. The third-order valence-corrected chi connectivity index (χ3v) is 5.29. The van der Waals surface area contributed by atoms with E-state index in [1.165, 1.54) is 7.11 Å². The number of hydrogen-bond donors (Lipinski definition) is 2. The molecule has 1 saturated carbocycles. The lowest BCUT2D eigenvalue weighted by molar-refractivity contribution is 0.0599. The van der Waals surface area contributed by atoms with E-state index in [1.54, 1.807) is 18.3 Å². The van der Waals surface area contributed by atoms with Crippen LogP contribution in [0.15, 0.2) is 28.9 Å². The summed E-state index contributed by atoms with van der Waals surface area (Å²) in [5.41, 5.74) is 2.00. The van der Waals surface area contributed by atoms with Crippen LogP contribution in [0.5, 0.6) is 0 Å². The summed E-state index contributed by atoms with van der Waals surface area (Å²) >= 11 is 3.34. The van der Waals surface area contributed by atoms with Crippen molar-refractivity contribution in [1.29, 1.82) is 5.26 Å². The van der Waals surface area contributed by atoms with Gasteiger partial charge in [-0.05, 0) is 60.3 Å².